The zero-order chi connectivity index (χ0) is 15.9. The monoisotopic (exact) mass is 338 g/mol. The van der Waals surface area contributed by atoms with E-state index in [9.17, 15) is 9.59 Å². The normalized spacial score (nSPS) is 10.1. The summed E-state index contributed by atoms with van der Waals surface area (Å²) in [6, 6.07) is 7.12. The highest BCUT2D eigenvalue weighted by Crippen LogP contribution is 2.25. The SMILES string of the molecule is COc1cccc(NC(=O)CSc2nnc(NC(C)=O)s2)c1. The molecule has 1 aromatic heterocycles. The van der Waals surface area contributed by atoms with E-state index in [1.165, 1.54) is 30.0 Å². The number of carbonyl (C=O) groups is 2. The van der Waals surface area contributed by atoms with Crippen LogP contribution in [0.1, 0.15) is 6.92 Å². The third-order valence-corrected chi connectivity index (χ3v) is 4.34. The number of nitrogens with zero attached hydrogens (tertiary/aromatic N) is 2. The largest absolute Gasteiger partial charge is 0.497 e. The summed E-state index contributed by atoms with van der Waals surface area (Å²) in [6.07, 6.45) is 0. The number of methoxy groups -OCH3 is 1. The molecule has 2 amide bonds. The van der Waals surface area contributed by atoms with Crippen molar-refractivity contribution in [2.24, 2.45) is 0 Å². The zero-order valence-corrected chi connectivity index (χ0v) is 13.6. The minimum absolute atomic E-state index is 0.158. The van der Waals surface area contributed by atoms with Gasteiger partial charge in [0.2, 0.25) is 16.9 Å². The van der Waals surface area contributed by atoms with Gasteiger partial charge in [0.15, 0.2) is 4.34 Å². The molecule has 0 spiro atoms. The maximum atomic E-state index is 11.9. The fourth-order valence-corrected chi connectivity index (χ4v) is 3.09. The highest BCUT2D eigenvalue weighted by Gasteiger charge is 2.09. The Morgan fingerprint density at radius 2 is 2.14 bits per heavy atom. The van der Waals surface area contributed by atoms with Crippen molar-refractivity contribution in [1.29, 1.82) is 0 Å². The van der Waals surface area contributed by atoms with Gasteiger partial charge in [-0.1, -0.05) is 29.2 Å². The fraction of sp³-hybridized carbons (Fsp3) is 0.231. The quantitative estimate of drug-likeness (QED) is 0.620. The average molecular weight is 338 g/mol. The minimum Gasteiger partial charge on any atom is -0.497 e. The first-order valence-corrected chi connectivity index (χ1v) is 8.05. The van der Waals surface area contributed by atoms with Crippen molar-refractivity contribution >= 4 is 45.7 Å². The Balaban J connectivity index is 1.84. The molecule has 9 heteroatoms. The first-order valence-electron chi connectivity index (χ1n) is 6.24. The number of carbonyl (C=O) groups excluding carboxylic acids is 2. The van der Waals surface area contributed by atoms with E-state index in [-0.39, 0.29) is 17.6 Å². The molecule has 0 unspecified atom stereocenters. The van der Waals surface area contributed by atoms with E-state index in [1.54, 1.807) is 31.4 Å². The van der Waals surface area contributed by atoms with Crippen molar-refractivity contribution in [3.8, 4) is 5.75 Å². The zero-order valence-electron chi connectivity index (χ0n) is 12.0. The fourth-order valence-electron chi connectivity index (χ4n) is 1.49. The summed E-state index contributed by atoms with van der Waals surface area (Å²) >= 11 is 2.48. The molecule has 0 aliphatic heterocycles. The number of thioether (sulfide) groups is 1. The lowest BCUT2D eigenvalue weighted by molar-refractivity contribution is -0.114. The number of anilines is 2. The van der Waals surface area contributed by atoms with Gasteiger partial charge in [0.1, 0.15) is 5.75 Å². The predicted molar refractivity (Wildman–Crippen MR) is 86.6 cm³/mol. The lowest BCUT2D eigenvalue weighted by atomic mass is 10.3. The van der Waals surface area contributed by atoms with Crippen molar-refractivity contribution < 1.29 is 14.3 Å². The second-order valence-electron chi connectivity index (χ2n) is 4.12. The molecule has 7 nitrogen and oxygen atoms in total. The summed E-state index contributed by atoms with van der Waals surface area (Å²) in [5.41, 5.74) is 0.668. The summed E-state index contributed by atoms with van der Waals surface area (Å²) in [4.78, 5) is 22.8. The molecule has 0 atom stereocenters. The highest BCUT2D eigenvalue weighted by atomic mass is 32.2. The van der Waals surface area contributed by atoms with Gasteiger partial charge in [-0.25, -0.2) is 0 Å². The Morgan fingerprint density at radius 3 is 2.86 bits per heavy atom. The maximum Gasteiger partial charge on any atom is 0.234 e. The molecule has 22 heavy (non-hydrogen) atoms. The molecular weight excluding hydrogens is 324 g/mol. The Morgan fingerprint density at radius 1 is 1.32 bits per heavy atom. The average Bonchev–Trinajstić information content (AvgIpc) is 2.92. The summed E-state index contributed by atoms with van der Waals surface area (Å²) in [5.74, 6) is 0.513. The molecule has 0 saturated heterocycles. The van der Waals surface area contributed by atoms with E-state index in [0.29, 0.717) is 20.9 Å². The number of benzene rings is 1. The van der Waals surface area contributed by atoms with E-state index >= 15 is 0 Å². The van der Waals surface area contributed by atoms with E-state index in [4.69, 9.17) is 4.74 Å². The topological polar surface area (TPSA) is 93.2 Å². The molecule has 0 bridgehead atoms. The summed E-state index contributed by atoms with van der Waals surface area (Å²) in [6.45, 7) is 1.40. The Labute approximate surface area is 135 Å². The second-order valence-corrected chi connectivity index (χ2v) is 6.32. The van der Waals surface area contributed by atoms with Crippen LogP contribution in [-0.4, -0.2) is 34.9 Å². The van der Waals surface area contributed by atoms with Crippen molar-refractivity contribution in [2.75, 3.05) is 23.5 Å². The van der Waals surface area contributed by atoms with Crippen LogP contribution in [0.5, 0.6) is 5.75 Å². The molecule has 2 N–H and O–H groups in total. The van der Waals surface area contributed by atoms with E-state index in [2.05, 4.69) is 20.8 Å². The molecule has 0 radical (unpaired) electrons. The number of amides is 2. The first kappa shape index (κ1) is 16.2. The molecule has 0 aliphatic rings. The van der Waals surface area contributed by atoms with Crippen molar-refractivity contribution in [2.45, 2.75) is 11.3 Å². The van der Waals surface area contributed by atoms with Gasteiger partial charge in [0, 0.05) is 18.7 Å². The summed E-state index contributed by atoms with van der Waals surface area (Å²) in [7, 11) is 1.57. The van der Waals surface area contributed by atoms with E-state index in [0.717, 1.165) is 0 Å². The van der Waals surface area contributed by atoms with Gasteiger partial charge in [-0.2, -0.15) is 0 Å². The third kappa shape index (κ3) is 5.01. The molecule has 2 rings (SSSR count). The molecule has 0 aliphatic carbocycles. The van der Waals surface area contributed by atoms with Crippen LogP contribution in [0.25, 0.3) is 0 Å². The van der Waals surface area contributed by atoms with Gasteiger partial charge in [0.05, 0.1) is 12.9 Å². The van der Waals surface area contributed by atoms with Crippen LogP contribution in [0.3, 0.4) is 0 Å². The number of rotatable bonds is 6. The Hall–Kier alpha value is -2.13. The number of hydrogen-bond acceptors (Lipinski definition) is 7. The van der Waals surface area contributed by atoms with Gasteiger partial charge >= 0.3 is 0 Å². The standard InChI is InChI=1S/C13H14N4O3S2/c1-8(18)14-12-16-17-13(22-12)21-7-11(19)15-9-4-3-5-10(6-9)20-2/h3-6H,7H2,1-2H3,(H,15,19)(H,14,16,18). The number of hydrogen-bond donors (Lipinski definition) is 2. The van der Waals surface area contributed by atoms with Crippen LogP contribution >= 0.6 is 23.1 Å². The van der Waals surface area contributed by atoms with Crippen LogP contribution in [0.4, 0.5) is 10.8 Å². The smallest absolute Gasteiger partial charge is 0.234 e. The predicted octanol–water partition coefficient (Wildman–Crippen LogP) is 2.24. The van der Waals surface area contributed by atoms with Gasteiger partial charge in [-0.15, -0.1) is 10.2 Å². The van der Waals surface area contributed by atoms with Gasteiger partial charge in [-0.05, 0) is 12.1 Å². The van der Waals surface area contributed by atoms with Crippen LogP contribution in [0, 0.1) is 0 Å². The van der Waals surface area contributed by atoms with Crippen molar-refractivity contribution in [3.63, 3.8) is 0 Å². The summed E-state index contributed by atoms with van der Waals surface area (Å²) < 4.78 is 5.71. The van der Waals surface area contributed by atoms with Crippen LogP contribution in [-0.2, 0) is 9.59 Å². The van der Waals surface area contributed by atoms with Crippen molar-refractivity contribution in [3.05, 3.63) is 24.3 Å². The number of nitrogens with one attached hydrogen (secondary N) is 2. The lowest BCUT2D eigenvalue weighted by Crippen LogP contribution is -2.13. The van der Waals surface area contributed by atoms with Crippen LogP contribution in [0.15, 0.2) is 28.6 Å². The molecule has 0 saturated carbocycles. The van der Waals surface area contributed by atoms with Crippen molar-refractivity contribution in [1.82, 2.24) is 10.2 Å². The van der Waals surface area contributed by atoms with Gasteiger partial charge < -0.3 is 15.4 Å². The molecule has 1 aromatic carbocycles. The highest BCUT2D eigenvalue weighted by molar-refractivity contribution is 8.01. The summed E-state index contributed by atoms with van der Waals surface area (Å²) in [5, 5.41) is 13.4. The molecule has 116 valence electrons. The molecular formula is C13H14N4O3S2. The molecule has 0 fully saturated rings. The maximum absolute atomic E-state index is 11.9. The van der Waals surface area contributed by atoms with Crippen LogP contribution in [0.2, 0.25) is 0 Å². The van der Waals surface area contributed by atoms with Gasteiger partial charge in [-0.3, -0.25) is 9.59 Å². The second kappa shape index (κ2) is 7.76. The molecule has 1 heterocycles. The van der Waals surface area contributed by atoms with E-state index < -0.39 is 0 Å². The van der Waals surface area contributed by atoms with E-state index in [1.807, 2.05) is 0 Å². The third-order valence-electron chi connectivity index (χ3n) is 2.37. The first-order chi connectivity index (χ1) is 10.6. The Kier molecular flexibility index (Phi) is 5.73. The number of ether oxygens (including phenoxy) is 1. The van der Waals surface area contributed by atoms with Gasteiger partial charge in [0.25, 0.3) is 0 Å². The number of aromatic nitrogens is 2. The lowest BCUT2D eigenvalue weighted by Gasteiger charge is -2.06. The molecule has 2 aromatic rings. The van der Waals surface area contributed by atoms with Crippen LogP contribution < -0.4 is 15.4 Å². The minimum atomic E-state index is -0.205. The Bertz CT molecular complexity index is 675.